The summed E-state index contributed by atoms with van der Waals surface area (Å²) in [6.07, 6.45) is 6.42. The molecular weight excluding hydrogens is 222 g/mol. The van der Waals surface area contributed by atoms with Gasteiger partial charge in [0.05, 0.1) is 6.61 Å². The first kappa shape index (κ1) is 13.4. The standard InChI is InChI=1S/C16H25NO/c1-3-4-12-18-15-10-8-14(9-11-15)16(17-2)13-6-5-7-13/h8-11,13,16-17H,3-7,12H2,1-2H3. The second-order valence-electron chi connectivity index (χ2n) is 5.23. The second kappa shape index (κ2) is 6.79. The Kier molecular flexibility index (Phi) is 5.06. The minimum absolute atomic E-state index is 0.517. The van der Waals surface area contributed by atoms with Crippen molar-refractivity contribution in [2.24, 2.45) is 5.92 Å². The van der Waals surface area contributed by atoms with Crippen LogP contribution in [0.5, 0.6) is 5.75 Å². The zero-order valence-electron chi connectivity index (χ0n) is 11.6. The number of benzene rings is 1. The van der Waals surface area contributed by atoms with Gasteiger partial charge in [0.25, 0.3) is 0 Å². The van der Waals surface area contributed by atoms with E-state index < -0.39 is 0 Å². The average Bonchev–Trinajstić information content (AvgIpc) is 2.35. The predicted octanol–water partition coefficient (Wildman–Crippen LogP) is 3.93. The molecule has 1 saturated carbocycles. The zero-order chi connectivity index (χ0) is 12.8. The zero-order valence-corrected chi connectivity index (χ0v) is 11.6. The lowest BCUT2D eigenvalue weighted by Gasteiger charge is -2.34. The molecule has 1 aromatic carbocycles. The van der Waals surface area contributed by atoms with Gasteiger partial charge in [-0.3, -0.25) is 0 Å². The Balaban J connectivity index is 1.92. The van der Waals surface area contributed by atoms with E-state index in [-0.39, 0.29) is 0 Å². The van der Waals surface area contributed by atoms with Crippen molar-refractivity contribution < 1.29 is 4.74 Å². The summed E-state index contributed by atoms with van der Waals surface area (Å²) in [5.74, 6) is 1.82. The van der Waals surface area contributed by atoms with Crippen molar-refractivity contribution in [2.75, 3.05) is 13.7 Å². The van der Waals surface area contributed by atoms with E-state index in [2.05, 4.69) is 43.6 Å². The predicted molar refractivity (Wildman–Crippen MR) is 76.0 cm³/mol. The molecule has 1 atom stereocenters. The van der Waals surface area contributed by atoms with Crippen LogP contribution in [0.25, 0.3) is 0 Å². The van der Waals surface area contributed by atoms with Crippen molar-refractivity contribution in [3.8, 4) is 5.75 Å². The number of nitrogens with one attached hydrogen (secondary N) is 1. The van der Waals surface area contributed by atoms with Crippen LogP contribution in [-0.2, 0) is 0 Å². The molecule has 0 heterocycles. The highest BCUT2D eigenvalue weighted by molar-refractivity contribution is 5.29. The maximum absolute atomic E-state index is 5.70. The molecule has 0 radical (unpaired) electrons. The van der Waals surface area contributed by atoms with Gasteiger partial charge in [-0.05, 0) is 49.9 Å². The van der Waals surface area contributed by atoms with Gasteiger partial charge in [-0.1, -0.05) is 31.9 Å². The summed E-state index contributed by atoms with van der Waals surface area (Å²) >= 11 is 0. The molecule has 0 aromatic heterocycles. The van der Waals surface area contributed by atoms with Gasteiger partial charge in [0, 0.05) is 6.04 Å². The molecule has 0 aliphatic heterocycles. The van der Waals surface area contributed by atoms with Crippen LogP contribution >= 0.6 is 0 Å². The van der Waals surface area contributed by atoms with Crippen molar-refractivity contribution in [2.45, 2.75) is 45.1 Å². The van der Waals surface area contributed by atoms with Gasteiger partial charge in [0.1, 0.15) is 5.75 Å². The first-order chi connectivity index (χ1) is 8.85. The molecule has 2 nitrogen and oxygen atoms in total. The van der Waals surface area contributed by atoms with E-state index in [0.29, 0.717) is 6.04 Å². The van der Waals surface area contributed by atoms with Crippen molar-refractivity contribution in [1.29, 1.82) is 0 Å². The fraction of sp³-hybridized carbons (Fsp3) is 0.625. The van der Waals surface area contributed by atoms with E-state index >= 15 is 0 Å². The van der Waals surface area contributed by atoms with Crippen LogP contribution in [0.3, 0.4) is 0 Å². The van der Waals surface area contributed by atoms with Crippen LogP contribution in [0, 0.1) is 5.92 Å². The van der Waals surface area contributed by atoms with Crippen LogP contribution in [0.15, 0.2) is 24.3 Å². The van der Waals surface area contributed by atoms with E-state index in [0.717, 1.165) is 24.7 Å². The van der Waals surface area contributed by atoms with Crippen LogP contribution in [-0.4, -0.2) is 13.7 Å². The van der Waals surface area contributed by atoms with E-state index in [1.807, 2.05) is 0 Å². The minimum atomic E-state index is 0.517. The molecule has 0 saturated heterocycles. The largest absolute Gasteiger partial charge is 0.494 e. The summed E-state index contributed by atoms with van der Waals surface area (Å²) in [7, 11) is 2.06. The van der Waals surface area contributed by atoms with Crippen molar-refractivity contribution in [3.63, 3.8) is 0 Å². The van der Waals surface area contributed by atoms with Crippen molar-refractivity contribution in [3.05, 3.63) is 29.8 Å². The molecule has 100 valence electrons. The highest BCUT2D eigenvalue weighted by Gasteiger charge is 2.27. The molecule has 1 aliphatic rings. The molecule has 1 aromatic rings. The number of unbranched alkanes of at least 4 members (excludes halogenated alkanes) is 1. The Morgan fingerprint density at radius 3 is 2.50 bits per heavy atom. The van der Waals surface area contributed by atoms with E-state index in [4.69, 9.17) is 4.74 Å². The number of rotatable bonds is 7. The molecule has 1 unspecified atom stereocenters. The second-order valence-corrected chi connectivity index (χ2v) is 5.23. The quantitative estimate of drug-likeness (QED) is 0.737. The summed E-state index contributed by atoms with van der Waals surface area (Å²) < 4.78 is 5.70. The lowest BCUT2D eigenvalue weighted by Crippen LogP contribution is -2.29. The van der Waals surface area contributed by atoms with Gasteiger partial charge in [-0.25, -0.2) is 0 Å². The number of ether oxygens (including phenoxy) is 1. The van der Waals surface area contributed by atoms with E-state index in [1.165, 1.54) is 31.2 Å². The van der Waals surface area contributed by atoms with Crippen LogP contribution in [0.4, 0.5) is 0 Å². The highest BCUT2D eigenvalue weighted by Crippen LogP contribution is 2.37. The molecule has 1 N–H and O–H groups in total. The molecule has 0 amide bonds. The summed E-state index contributed by atoms with van der Waals surface area (Å²) in [4.78, 5) is 0. The first-order valence-corrected chi connectivity index (χ1v) is 7.25. The van der Waals surface area contributed by atoms with Crippen LogP contribution < -0.4 is 10.1 Å². The van der Waals surface area contributed by atoms with Crippen LogP contribution in [0.2, 0.25) is 0 Å². The van der Waals surface area contributed by atoms with Gasteiger partial charge in [0.15, 0.2) is 0 Å². The summed E-state index contributed by atoms with van der Waals surface area (Å²) in [6.45, 7) is 3.01. The topological polar surface area (TPSA) is 21.3 Å². The molecule has 0 bridgehead atoms. The SMILES string of the molecule is CCCCOc1ccc(C(NC)C2CCC2)cc1. The van der Waals surface area contributed by atoms with Crippen molar-refractivity contribution in [1.82, 2.24) is 5.32 Å². The van der Waals surface area contributed by atoms with Gasteiger partial charge in [0.2, 0.25) is 0 Å². The third-order valence-corrected chi connectivity index (χ3v) is 3.94. The maximum Gasteiger partial charge on any atom is 0.119 e. The molecule has 2 rings (SSSR count). The average molecular weight is 247 g/mol. The van der Waals surface area contributed by atoms with Gasteiger partial charge < -0.3 is 10.1 Å². The number of hydrogen-bond acceptors (Lipinski definition) is 2. The third-order valence-electron chi connectivity index (χ3n) is 3.94. The van der Waals surface area contributed by atoms with E-state index in [1.54, 1.807) is 0 Å². The molecule has 1 fully saturated rings. The Morgan fingerprint density at radius 2 is 2.00 bits per heavy atom. The Bertz CT molecular complexity index is 343. The van der Waals surface area contributed by atoms with Gasteiger partial charge in [-0.15, -0.1) is 0 Å². The Labute approximate surface area is 111 Å². The third kappa shape index (κ3) is 3.26. The lowest BCUT2D eigenvalue weighted by atomic mass is 9.77. The fourth-order valence-electron chi connectivity index (χ4n) is 2.55. The summed E-state index contributed by atoms with van der Waals surface area (Å²) in [5.41, 5.74) is 1.39. The fourth-order valence-corrected chi connectivity index (χ4v) is 2.55. The molecule has 0 spiro atoms. The molecular formula is C16H25NO. The van der Waals surface area contributed by atoms with Crippen molar-refractivity contribution >= 4 is 0 Å². The summed E-state index contributed by atoms with van der Waals surface area (Å²) in [5, 5.41) is 3.45. The van der Waals surface area contributed by atoms with Crippen LogP contribution in [0.1, 0.15) is 50.6 Å². The Hall–Kier alpha value is -1.02. The monoisotopic (exact) mass is 247 g/mol. The van der Waals surface area contributed by atoms with E-state index in [9.17, 15) is 0 Å². The van der Waals surface area contributed by atoms with Gasteiger partial charge in [-0.2, -0.15) is 0 Å². The smallest absolute Gasteiger partial charge is 0.119 e. The minimum Gasteiger partial charge on any atom is -0.494 e. The summed E-state index contributed by atoms with van der Waals surface area (Å²) in [6, 6.07) is 9.15. The number of hydrogen-bond donors (Lipinski definition) is 1. The first-order valence-electron chi connectivity index (χ1n) is 7.25. The lowest BCUT2D eigenvalue weighted by molar-refractivity contribution is 0.239. The molecule has 1 aliphatic carbocycles. The Morgan fingerprint density at radius 1 is 1.28 bits per heavy atom. The highest BCUT2D eigenvalue weighted by atomic mass is 16.5. The normalized spacial score (nSPS) is 17.2. The van der Waals surface area contributed by atoms with Gasteiger partial charge >= 0.3 is 0 Å². The molecule has 18 heavy (non-hydrogen) atoms. The molecule has 2 heteroatoms. The maximum atomic E-state index is 5.70.